The minimum absolute atomic E-state index is 0.192. The zero-order chi connectivity index (χ0) is 20.4. The minimum Gasteiger partial charge on any atom is -0.403 e. The summed E-state index contributed by atoms with van der Waals surface area (Å²) in [6.45, 7) is 12.9. The predicted molar refractivity (Wildman–Crippen MR) is 119 cm³/mol. The molecule has 1 aliphatic rings. The Kier molecular flexibility index (Phi) is 6.36. The highest BCUT2D eigenvalue weighted by molar-refractivity contribution is 6.47. The van der Waals surface area contributed by atoms with Crippen molar-refractivity contribution in [1.29, 1.82) is 0 Å². The van der Waals surface area contributed by atoms with Crippen LogP contribution in [0.15, 0.2) is 48.5 Å². The molecule has 28 heavy (non-hydrogen) atoms. The van der Waals surface area contributed by atoms with Crippen LogP contribution in [0.25, 0.3) is 0 Å². The fourth-order valence-electron chi connectivity index (χ4n) is 4.07. The molecule has 3 rings (SSSR count). The average molecular weight is 378 g/mol. The predicted octanol–water partition coefficient (Wildman–Crippen LogP) is 6.43. The first kappa shape index (κ1) is 21.1. The quantitative estimate of drug-likeness (QED) is 0.408. The first-order valence-electron chi connectivity index (χ1n) is 10.7. The molecule has 1 aliphatic heterocycles. The highest BCUT2D eigenvalue weighted by atomic mass is 16.7. The van der Waals surface area contributed by atoms with Crippen molar-refractivity contribution in [1.82, 2.24) is 0 Å². The number of hydrogen-bond acceptors (Lipinski definition) is 2. The van der Waals surface area contributed by atoms with Crippen LogP contribution in [0.5, 0.6) is 0 Å². The van der Waals surface area contributed by atoms with Gasteiger partial charge in [0, 0.05) is 5.82 Å². The SMILES string of the molecule is Cc1cc(C)cc(C(CCCCc2ccccc2)B2OC(C)(C)C(C)(C)O2)c1. The van der Waals surface area contributed by atoms with E-state index in [0.29, 0.717) is 0 Å². The second-order valence-corrected chi connectivity index (χ2v) is 9.38. The summed E-state index contributed by atoms with van der Waals surface area (Å²) in [6.07, 6.45) is 4.55. The molecular formula is C25H35BO2. The molecule has 0 spiro atoms. The fraction of sp³-hybridized carbons (Fsp3) is 0.520. The fourth-order valence-corrected chi connectivity index (χ4v) is 4.07. The highest BCUT2D eigenvalue weighted by Crippen LogP contribution is 2.42. The van der Waals surface area contributed by atoms with Crippen molar-refractivity contribution in [3.8, 4) is 0 Å². The van der Waals surface area contributed by atoms with Gasteiger partial charge < -0.3 is 9.31 Å². The van der Waals surface area contributed by atoms with Crippen molar-refractivity contribution in [2.75, 3.05) is 0 Å². The van der Waals surface area contributed by atoms with E-state index >= 15 is 0 Å². The van der Waals surface area contributed by atoms with Gasteiger partial charge >= 0.3 is 7.12 Å². The summed E-state index contributed by atoms with van der Waals surface area (Å²) in [4.78, 5) is 0. The van der Waals surface area contributed by atoms with Gasteiger partial charge in [0.25, 0.3) is 0 Å². The molecule has 0 bridgehead atoms. The minimum atomic E-state index is -0.293. The summed E-state index contributed by atoms with van der Waals surface area (Å²) in [6, 6.07) is 17.6. The van der Waals surface area contributed by atoms with Crippen molar-refractivity contribution in [2.24, 2.45) is 0 Å². The molecule has 2 aromatic carbocycles. The zero-order valence-corrected chi connectivity index (χ0v) is 18.4. The van der Waals surface area contributed by atoms with E-state index in [2.05, 4.69) is 90.1 Å². The maximum Gasteiger partial charge on any atom is 0.465 e. The van der Waals surface area contributed by atoms with Gasteiger partial charge in [-0.25, -0.2) is 0 Å². The smallest absolute Gasteiger partial charge is 0.403 e. The average Bonchev–Trinajstić information content (AvgIpc) is 2.82. The summed E-state index contributed by atoms with van der Waals surface area (Å²) in [7, 11) is -0.192. The molecule has 0 amide bonds. The number of benzene rings is 2. The van der Waals surface area contributed by atoms with Crippen molar-refractivity contribution < 1.29 is 9.31 Å². The standard InChI is InChI=1S/C25H35BO2/c1-19-16-20(2)18-22(17-19)23(26-27-24(3,4)25(5,6)28-26)15-11-10-14-21-12-8-7-9-13-21/h7-9,12-13,16-18,23H,10-11,14-15H2,1-6H3. The molecule has 0 aliphatic carbocycles. The Labute approximate surface area is 171 Å². The number of unbranched alkanes of at least 4 members (excludes halogenated alkanes) is 1. The van der Waals surface area contributed by atoms with E-state index in [1.807, 2.05) is 0 Å². The largest absolute Gasteiger partial charge is 0.465 e. The van der Waals surface area contributed by atoms with Gasteiger partial charge in [-0.2, -0.15) is 0 Å². The molecule has 1 fully saturated rings. The van der Waals surface area contributed by atoms with Crippen LogP contribution < -0.4 is 0 Å². The second-order valence-electron chi connectivity index (χ2n) is 9.38. The zero-order valence-electron chi connectivity index (χ0n) is 18.4. The third-order valence-corrected chi connectivity index (χ3v) is 6.35. The Morgan fingerprint density at radius 3 is 1.96 bits per heavy atom. The molecule has 1 heterocycles. The molecule has 0 N–H and O–H groups in total. The van der Waals surface area contributed by atoms with Gasteiger partial charge in [-0.1, -0.05) is 66.1 Å². The third-order valence-electron chi connectivity index (χ3n) is 6.35. The summed E-state index contributed by atoms with van der Waals surface area (Å²) >= 11 is 0. The van der Waals surface area contributed by atoms with Gasteiger partial charge in [0.2, 0.25) is 0 Å². The van der Waals surface area contributed by atoms with Crippen LogP contribution in [0.3, 0.4) is 0 Å². The first-order chi connectivity index (χ1) is 13.2. The molecule has 1 saturated heterocycles. The van der Waals surface area contributed by atoms with Crippen molar-refractivity contribution in [3.63, 3.8) is 0 Å². The Morgan fingerprint density at radius 2 is 1.39 bits per heavy atom. The lowest BCUT2D eigenvalue weighted by atomic mass is 9.65. The Hall–Kier alpha value is -1.58. The van der Waals surface area contributed by atoms with Crippen molar-refractivity contribution in [2.45, 2.75) is 84.2 Å². The van der Waals surface area contributed by atoms with E-state index in [9.17, 15) is 0 Å². The van der Waals surface area contributed by atoms with Crippen LogP contribution in [-0.2, 0) is 15.7 Å². The van der Waals surface area contributed by atoms with Gasteiger partial charge in [0.1, 0.15) is 0 Å². The Balaban J connectivity index is 1.73. The lowest BCUT2D eigenvalue weighted by molar-refractivity contribution is 0.00578. The van der Waals surface area contributed by atoms with Crippen LogP contribution in [-0.4, -0.2) is 18.3 Å². The Bertz CT molecular complexity index is 746. The Morgan fingerprint density at radius 1 is 0.821 bits per heavy atom. The van der Waals surface area contributed by atoms with Crippen LogP contribution >= 0.6 is 0 Å². The van der Waals surface area contributed by atoms with Gasteiger partial charge in [-0.15, -0.1) is 0 Å². The summed E-state index contributed by atoms with van der Waals surface area (Å²) in [5, 5.41) is 0. The van der Waals surface area contributed by atoms with Crippen molar-refractivity contribution >= 4 is 7.12 Å². The van der Waals surface area contributed by atoms with Crippen LogP contribution in [0.1, 0.15) is 75.0 Å². The highest BCUT2D eigenvalue weighted by Gasteiger charge is 2.53. The molecule has 0 radical (unpaired) electrons. The van der Waals surface area contributed by atoms with Gasteiger partial charge in [0.05, 0.1) is 11.2 Å². The third kappa shape index (κ3) is 4.88. The number of hydrogen-bond donors (Lipinski definition) is 0. The molecule has 0 saturated carbocycles. The first-order valence-corrected chi connectivity index (χ1v) is 10.7. The molecule has 1 atom stereocenters. The van der Waals surface area contributed by atoms with E-state index in [1.165, 1.54) is 28.7 Å². The molecule has 1 unspecified atom stereocenters. The number of rotatable bonds is 7. The molecular weight excluding hydrogens is 343 g/mol. The maximum atomic E-state index is 6.45. The van der Waals surface area contributed by atoms with Crippen LogP contribution in [0, 0.1) is 13.8 Å². The summed E-state index contributed by atoms with van der Waals surface area (Å²) < 4.78 is 12.9. The van der Waals surface area contributed by atoms with Gasteiger partial charge in [-0.05, 0) is 71.9 Å². The maximum absolute atomic E-state index is 6.45. The van der Waals surface area contributed by atoms with Crippen molar-refractivity contribution in [3.05, 3.63) is 70.8 Å². The van der Waals surface area contributed by atoms with E-state index in [-0.39, 0.29) is 24.1 Å². The van der Waals surface area contributed by atoms with Crippen LogP contribution in [0.2, 0.25) is 0 Å². The molecule has 2 aromatic rings. The van der Waals surface area contributed by atoms with Gasteiger partial charge in [-0.3, -0.25) is 0 Å². The lowest BCUT2D eigenvalue weighted by Crippen LogP contribution is -2.41. The summed E-state index contributed by atoms with van der Waals surface area (Å²) in [5.74, 6) is 0.260. The molecule has 0 aromatic heterocycles. The molecule has 3 heteroatoms. The lowest BCUT2D eigenvalue weighted by Gasteiger charge is -2.32. The molecule has 150 valence electrons. The monoisotopic (exact) mass is 378 g/mol. The van der Waals surface area contributed by atoms with E-state index in [1.54, 1.807) is 0 Å². The van der Waals surface area contributed by atoms with E-state index < -0.39 is 0 Å². The molecule has 2 nitrogen and oxygen atoms in total. The summed E-state index contributed by atoms with van der Waals surface area (Å²) in [5.41, 5.74) is 4.79. The second kappa shape index (κ2) is 8.43. The van der Waals surface area contributed by atoms with E-state index in [4.69, 9.17) is 9.31 Å². The van der Waals surface area contributed by atoms with Crippen LogP contribution in [0.4, 0.5) is 0 Å². The topological polar surface area (TPSA) is 18.5 Å². The van der Waals surface area contributed by atoms with E-state index in [0.717, 1.165) is 19.3 Å². The number of aryl methyl sites for hydroxylation is 3. The normalized spacial score (nSPS) is 19.0. The van der Waals surface area contributed by atoms with Gasteiger partial charge in [0.15, 0.2) is 0 Å².